The lowest BCUT2D eigenvalue weighted by atomic mass is 10.2. The van der Waals surface area contributed by atoms with Gasteiger partial charge in [0.05, 0.1) is 16.6 Å². The van der Waals surface area contributed by atoms with Crippen LogP contribution in [-0.4, -0.2) is 21.0 Å². The standard InChI is InChI=1S/C8H7N3O2.ClH/c9-8-10-5-2-1-4(7(12)13)3-6(5)11-8;/h1-3H,(H,12,13)(H3,9,10,11);1H. The number of benzene rings is 1. The van der Waals surface area contributed by atoms with Crippen LogP contribution in [-0.2, 0) is 0 Å². The summed E-state index contributed by atoms with van der Waals surface area (Å²) >= 11 is 0. The molecule has 0 bridgehead atoms. The molecule has 0 aliphatic rings. The van der Waals surface area contributed by atoms with E-state index in [1.807, 2.05) is 0 Å². The highest BCUT2D eigenvalue weighted by Crippen LogP contribution is 2.14. The molecule has 5 nitrogen and oxygen atoms in total. The van der Waals surface area contributed by atoms with Crippen molar-refractivity contribution in [1.82, 2.24) is 9.97 Å². The quantitative estimate of drug-likeness (QED) is 0.665. The van der Waals surface area contributed by atoms with E-state index in [9.17, 15) is 4.79 Å². The summed E-state index contributed by atoms with van der Waals surface area (Å²) in [4.78, 5) is 17.3. The number of H-pyrrole nitrogens is 1. The van der Waals surface area contributed by atoms with Crippen LogP contribution in [0.25, 0.3) is 11.0 Å². The molecule has 6 heteroatoms. The van der Waals surface area contributed by atoms with Crippen molar-refractivity contribution in [2.24, 2.45) is 0 Å². The number of aromatic nitrogens is 2. The van der Waals surface area contributed by atoms with Crippen molar-refractivity contribution in [2.75, 3.05) is 5.73 Å². The van der Waals surface area contributed by atoms with Gasteiger partial charge in [-0.1, -0.05) is 0 Å². The lowest BCUT2D eigenvalue weighted by Crippen LogP contribution is -1.94. The smallest absolute Gasteiger partial charge is 0.335 e. The van der Waals surface area contributed by atoms with E-state index in [-0.39, 0.29) is 23.9 Å². The average Bonchev–Trinajstić information content (AvgIpc) is 2.42. The Morgan fingerprint density at radius 2 is 2.21 bits per heavy atom. The normalized spacial score (nSPS) is 9.71. The van der Waals surface area contributed by atoms with Gasteiger partial charge in [0.2, 0.25) is 0 Å². The number of nitrogens with zero attached hydrogens (tertiary/aromatic N) is 1. The van der Waals surface area contributed by atoms with E-state index in [2.05, 4.69) is 9.97 Å². The summed E-state index contributed by atoms with van der Waals surface area (Å²) in [6.07, 6.45) is 0. The summed E-state index contributed by atoms with van der Waals surface area (Å²) in [6, 6.07) is 4.61. The summed E-state index contributed by atoms with van der Waals surface area (Å²) in [5.74, 6) is -0.674. The molecule has 2 aromatic rings. The van der Waals surface area contributed by atoms with Crippen LogP contribution in [0.1, 0.15) is 10.4 Å². The molecule has 0 fully saturated rings. The number of carboxylic acid groups (broad SMARTS) is 1. The number of aromatic amines is 1. The number of hydrogen-bond donors (Lipinski definition) is 3. The fourth-order valence-corrected chi connectivity index (χ4v) is 1.16. The molecule has 1 aromatic carbocycles. The number of halogens is 1. The van der Waals surface area contributed by atoms with E-state index in [0.29, 0.717) is 11.0 Å². The Hall–Kier alpha value is -1.75. The highest BCUT2D eigenvalue weighted by Gasteiger charge is 2.05. The molecule has 0 saturated carbocycles. The van der Waals surface area contributed by atoms with Gasteiger partial charge in [0.25, 0.3) is 0 Å². The number of nitrogens with one attached hydrogen (secondary N) is 1. The highest BCUT2D eigenvalue weighted by molar-refractivity contribution is 5.92. The van der Waals surface area contributed by atoms with Gasteiger partial charge >= 0.3 is 5.97 Å². The second-order valence-electron chi connectivity index (χ2n) is 2.66. The summed E-state index contributed by atoms with van der Waals surface area (Å²) in [5, 5.41) is 8.69. The van der Waals surface area contributed by atoms with Gasteiger partial charge in [0.1, 0.15) is 0 Å². The third kappa shape index (κ3) is 1.62. The molecule has 74 valence electrons. The number of anilines is 1. The molecule has 0 atom stereocenters. The molecular weight excluding hydrogens is 206 g/mol. The van der Waals surface area contributed by atoms with Gasteiger partial charge in [-0.15, -0.1) is 12.4 Å². The molecule has 4 N–H and O–H groups in total. The SMILES string of the molecule is Cl.Nc1nc2ccc(C(=O)O)cc2[nH]1. The van der Waals surface area contributed by atoms with Gasteiger partial charge in [-0.05, 0) is 18.2 Å². The predicted octanol–water partition coefficient (Wildman–Crippen LogP) is 1.27. The van der Waals surface area contributed by atoms with E-state index in [1.165, 1.54) is 12.1 Å². The molecule has 0 radical (unpaired) electrons. The second-order valence-corrected chi connectivity index (χ2v) is 2.66. The van der Waals surface area contributed by atoms with Gasteiger partial charge < -0.3 is 15.8 Å². The van der Waals surface area contributed by atoms with Gasteiger partial charge in [-0.2, -0.15) is 0 Å². The third-order valence-electron chi connectivity index (χ3n) is 1.75. The molecule has 1 aromatic heterocycles. The molecule has 14 heavy (non-hydrogen) atoms. The maximum absolute atomic E-state index is 10.6. The molecule has 2 rings (SSSR count). The minimum absolute atomic E-state index is 0. The summed E-state index contributed by atoms with van der Waals surface area (Å²) in [7, 11) is 0. The van der Waals surface area contributed by atoms with Crippen molar-refractivity contribution < 1.29 is 9.90 Å². The fraction of sp³-hybridized carbons (Fsp3) is 0. The van der Waals surface area contributed by atoms with Crippen LogP contribution < -0.4 is 5.73 Å². The van der Waals surface area contributed by atoms with Crippen LogP contribution in [0.5, 0.6) is 0 Å². The number of hydrogen-bond acceptors (Lipinski definition) is 3. The van der Waals surface area contributed by atoms with Crippen LogP contribution >= 0.6 is 12.4 Å². The Kier molecular flexibility index (Phi) is 2.62. The van der Waals surface area contributed by atoms with Crippen LogP contribution in [0.3, 0.4) is 0 Å². The number of nitrogen functional groups attached to an aromatic ring is 1. The van der Waals surface area contributed by atoms with E-state index in [4.69, 9.17) is 10.8 Å². The average molecular weight is 214 g/mol. The number of imidazole rings is 1. The summed E-state index contributed by atoms with van der Waals surface area (Å²) in [6.45, 7) is 0. The lowest BCUT2D eigenvalue weighted by molar-refractivity contribution is 0.0697. The number of aromatic carboxylic acids is 1. The Balaban J connectivity index is 0.000000980. The minimum atomic E-state index is -0.963. The Morgan fingerprint density at radius 3 is 2.86 bits per heavy atom. The lowest BCUT2D eigenvalue weighted by Gasteiger charge is -1.92. The number of carboxylic acids is 1. The monoisotopic (exact) mass is 213 g/mol. The fourth-order valence-electron chi connectivity index (χ4n) is 1.16. The van der Waals surface area contributed by atoms with Gasteiger partial charge in [-0.3, -0.25) is 0 Å². The van der Waals surface area contributed by atoms with Crippen molar-refractivity contribution in [1.29, 1.82) is 0 Å². The number of nitrogens with two attached hydrogens (primary N) is 1. The predicted molar refractivity (Wildman–Crippen MR) is 54.7 cm³/mol. The van der Waals surface area contributed by atoms with Crippen molar-refractivity contribution in [3.63, 3.8) is 0 Å². The van der Waals surface area contributed by atoms with Crippen molar-refractivity contribution in [2.45, 2.75) is 0 Å². The topological polar surface area (TPSA) is 92.0 Å². The van der Waals surface area contributed by atoms with E-state index in [0.717, 1.165) is 0 Å². The van der Waals surface area contributed by atoms with Crippen LogP contribution in [0.4, 0.5) is 5.95 Å². The molecule has 1 heterocycles. The largest absolute Gasteiger partial charge is 0.478 e. The highest BCUT2D eigenvalue weighted by atomic mass is 35.5. The van der Waals surface area contributed by atoms with Crippen LogP contribution in [0, 0.1) is 0 Å². The van der Waals surface area contributed by atoms with Crippen LogP contribution in [0.2, 0.25) is 0 Å². The summed E-state index contributed by atoms with van der Waals surface area (Å²) in [5.41, 5.74) is 6.93. The molecule has 0 unspecified atom stereocenters. The van der Waals surface area contributed by atoms with Crippen molar-refractivity contribution >= 4 is 35.4 Å². The third-order valence-corrected chi connectivity index (χ3v) is 1.75. The molecule has 0 aliphatic carbocycles. The molecule has 0 saturated heterocycles. The van der Waals surface area contributed by atoms with E-state index < -0.39 is 5.97 Å². The van der Waals surface area contributed by atoms with Gasteiger partial charge in [0.15, 0.2) is 5.95 Å². The Morgan fingerprint density at radius 1 is 1.50 bits per heavy atom. The number of fused-ring (bicyclic) bond motifs is 1. The maximum atomic E-state index is 10.6. The first-order chi connectivity index (χ1) is 6.16. The second kappa shape index (κ2) is 3.55. The number of carbonyl (C=O) groups is 1. The molecule has 0 amide bonds. The molecular formula is C8H8ClN3O2. The van der Waals surface area contributed by atoms with Crippen molar-refractivity contribution in [3.05, 3.63) is 23.8 Å². The molecule has 0 aliphatic heterocycles. The number of rotatable bonds is 1. The maximum Gasteiger partial charge on any atom is 0.335 e. The summed E-state index contributed by atoms with van der Waals surface area (Å²) < 4.78 is 0. The van der Waals surface area contributed by atoms with Gasteiger partial charge in [0, 0.05) is 0 Å². The first-order valence-corrected chi connectivity index (χ1v) is 3.65. The Bertz CT molecular complexity index is 480. The first-order valence-electron chi connectivity index (χ1n) is 3.65. The zero-order valence-electron chi connectivity index (χ0n) is 7.02. The van der Waals surface area contributed by atoms with E-state index in [1.54, 1.807) is 6.07 Å². The molecule has 0 spiro atoms. The minimum Gasteiger partial charge on any atom is -0.478 e. The van der Waals surface area contributed by atoms with Crippen molar-refractivity contribution in [3.8, 4) is 0 Å². The van der Waals surface area contributed by atoms with E-state index >= 15 is 0 Å². The zero-order chi connectivity index (χ0) is 9.42. The Labute approximate surface area is 85.4 Å². The van der Waals surface area contributed by atoms with Crippen LogP contribution in [0.15, 0.2) is 18.2 Å². The van der Waals surface area contributed by atoms with Gasteiger partial charge in [-0.25, -0.2) is 9.78 Å². The zero-order valence-corrected chi connectivity index (χ0v) is 7.84. The first kappa shape index (κ1) is 10.3.